The molecule has 1 saturated carbocycles. The molecule has 1 aromatic carbocycles. The predicted molar refractivity (Wildman–Crippen MR) is 118 cm³/mol. The largest absolute Gasteiger partial charge is 0.465 e. The molecule has 4 nitrogen and oxygen atoms in total. The summed E-state index contributed by atoms with van der Waals surface area (Å²) in [7, 11) is 2.16. The van der Waals surface area contributed by atoms with Gasteiger partial charge >= 0.3 is 0 Å². The Morgan fingerprint density at radius 2 is 1.90 bits per heavy atom. The van der Waals surface area contributed by atoms with E-state index in [0.29, 0.717) is 6.42 Å². The Hall–Kier alpha value is -1.95. The van der Waals surface area contributed by atoms with Gasteiger partial charge in [0.25, 0.3) is 0 Å². The first-order valence-corrected chi connectivity index (χ1v) is 11.2. The highest BCUT2D eigenvalue weighted by Crippen LogP contribution is 2.41. The second kappa shape index (κ2) is 9.46. The molecule has 2 aliphatic rings. The normalized spacial score (nSPS) is 28.0. The summed E-state index contributed by atoms with van der Waals surface area (Å²) in [5, 5.41) is 12.2. The van der Waals surface area contributed by atoms with Crippen molar-refractivity contribution < 1.29 is 13.9 Å². The van der Waals surface area contributed by atoms with Crippen molar-refractivity contribution in [3.8, 4) is 0 Å². The van der Waals surface area contributed by atoms with Gasteiger partial charge < -0.3 is 19.3 Å². The van der Waals surface area contributed by atoms with Crippen LogP contribution in [-0.2, 0) is 6.42 Å². The molecule has 1 aromatic heterocycles. The number of likely N-dealkylation sites (N-methyl/N-ethyl adjacent to an activating group) is 1. The Morgan fingerprint density at radius 1 is 1.13 bits per heavy atom. The Balaban J connectivity index is 1.65. The number of nitrogens with zero attached hydrogens (tertiary/aromatic N) is 2. The number of rotatable bonds is 5. The second-order valence-electron chi connectivity index (χ2n) is 8.96. The van der Waals surface area contributed by atoms with Gasteiger partial charge in [0.1, 0.15) is 11.6 Å². The van der Waals surface area contributed by atoms with Crippen molar-refractivity contribution in [2.24, 2.45) is 5.92 Å². The Labute approximate surface area is 179 Å². The van der Waals surface area contributed by atoms with Gasteiger partial charge in [0.15, 0.2) is 0 Å². The van der Waals surface area contributed by atoms with E-state index in [1.54, 1.807) is 18.4 Å². The maximum atomic E-state index is 13.5. The molecule has 2 atom stereocenters. The van der Waals surface area contributed by atoms with Crippen molar-refractivity contribution in [1.82, 2.24) is 9.80 Å². The van der Waals surface area contributed by atoms with Crippen LogP contribution in [0.4, 0.5) is 4.39 Å². The first-order chi connectivity index (χ1) is 14.5. The summed E-state index contributed by atoms with van der Waals surface area (Å²) in [5.74, 6) is 0.671. The highest BCUT2D eigenvalue weighted by Gasteiger charge is 2.42. The van der Waals surface area contributed by atoms with E-state index >= 15 is 0 Å². The fraction of sp³-hybridized carbons (Fsp3) is 0.520. The lowest BCUT2D eigenvalue weighted by molar-refractivity contribution is -0.00650. The zero-order valence-corrected chi connectivity index (χ0v) is 17.9. The molecule has 1 aliphatic heterocycles. The minimum absolute atomic E-state index is 0.134. The quantitative estimate of drug-likeness (QED) is 0.747. The molecule has 1 aliphatic carbocycles. The van der Waals surface area contributed by atoms with Crippen LogP contribution in [0.15, 0.2) is 52.7 Å². The minimum atomic E-state index is -0.968. The van der Waals surface area contributed by atoms with Gasteiger partial charge in [0, 0.05) is 45.1 Å². The van der Waals surface area contributed by atoms with E-state index in [4.69, 9.17) is 4.42 Å². The maximum absolute atomic E-state index is 13.5. The van der Waals surface area contributed by atoms with Crippen molar-refractivity contribution in [3.05, 3.63) is 65.4 Å². The number of piperazine rings is 1. The van der Waals surface area contributed by atoms with Gasteiger partial charge in [-0.1, -0.05) is 18.6 Å². The van der Waals surface area contributed by atoms with Crippen LogP contribution in [0.5, 0.6) is 0 Å². The number of aliphatic hydroxyl groups is 1. The van der Waals surface area contributed by atoms with Crippen LogP contribution in [0.25, 0.3) is 6.08 Å². The molecule has 1 N–H and O–H groups in total. The zero-order valence-electron chi connectivity index (χ0n) is 17.9. The third-order valence-electron chi connectivity index (χ3n) is 6.80. The van der Waals surface area contributed by atoms with Crippen molar-refractivity contribution in [3.63, 3.8) is 0 Å². The zero-order chi connectivity index (χ0) is 21.0. The van der Waals surface area contributed by atoms with Crippen molar-refractivity contribution in [2.75, 3.05) is 39.8 Å². The summed E-state index contributed by atoms with van der Waals surface area (Å²) >= 11 is 0. The van der Waals surface area contributed by atoms with E-state index in [-0.39, 0.29) is 11.7 Å². The van der Waals surface area contributed by atoms with Crippen molar-refractivity contribution in [1.29, 1.82) is 0 Å². The SMILES string of the molecule is CN1CCN(CC2CCCC/C(=C/c3ccco3)C2(O)Cc2ccc(F)cc2)CC1. The molecule has 2 aromatic rings. The van der Waals surface area contributed by atoms with Crippen LogP contribution in [0.2, 0.25) is 0 Å². The van der Waals surface area contributed by atoms with E-state index in [0.717, 1.165) is 75.3 Å². The first kappa shape index (κ1) is 21.3. The Bertz CT molecular complexity index is 825. The molecular weight excluding hydrogens is 379 g/mol. The Morgan fingerprint density at radius 3 is 2.60 bits per heavy atom. The van der Waals surface area contributed by atoms with Gasteiger partial charge in [0.05, 0.1) is 11.9 Å². The standard InChI is InChI=1S/C25H33FN2O2/c1-27-12-14-28(15-13-27)19-22-6-3-2-5-21(17-24-7-4-16-30-24)25(22,29)18-20-8-10-23(26)11-9-20/h4,7-11,16-17,22,29H,2-3,5-6,12-15,18-19H2,1H3/b21-17-. The van der Waals surface area contributed by atoms with Crippen LogP contribution in [0.3, 0.4) is 0 Å². The van der Waals surface area contributed by atoms with E-state index in [1.807, 2.05) is 18.2 Å². The van der Waals surface area contributed by atoms with Crippen LogP contribution in [-0.4, -0.2) is 60.3 Å². The highest BCUT2D eigenvalue weighted by atomic mass is 19.1. The topological polar surface area (TPSA) is 39.9 Å². The van der Waals surface area contributed by atoms with E-state index in [9.17, 15) is 9.50 Å². The summed E-state index contributed by atoms with van der Waals surface area (Å²) in [6, 6.07) is 10.4. The summed E-state index contributed by atoms with van der Waals surface area (Å²) < 4.78 is 19.1. The van der Waals surface area contributed by atoms with E-state index in [2.05, 4.69) is 16.8 Å². The molecule has 5 heteroatoms. The number of hydrogen-bond acceptors (Lipinski definition) is 4. The fourth-order valence-electron chi connectivity index (χ4n) is 4.92. The van der Waals surface area contributed by atoms with Crippen molar-refractivity contribution >= 4 is 6.08 Å². The predicted octanol–water partition coefficient (Wildman–Crippen LogP) is 4.21. The van der Waals surface area contributed by atoms with Gasteiger partial charge in [-0.15, -0.1) is 0 Å². The Kier molecular flexibility index (Phi) is 6.71. The van der Waals surface area contributed by atoms with Crippen LogP contribution in [0.1, 0.15) is 37.0 Å². The van der Waals surface area contributed by atoms with Gasteiger partial charge in [-0.25, -0.2) is 4.39 Å². The molecule has 2 fully saturated rings. The van der Waals surface area contributed by atoms with Gasteiger partial charge in [-0.2, -0.15) is 0 Å². The minimum Gasteiger partial charge on any atom is -0.465 e. The fourth-order valence-corrected chi connectivity index (χ4v) is 4.92. The number of benzene rings is 1. The number of halogens is 1. The number of hydrogen-bond donors (Lipinski definition) is 1. The molecular formula is C25H33FN2O2. The van der Waals surface area contributed by atoms with Gasteiger partial charge in [-0.3, -0.25) is 0 Å². The van der Waals surface area contributed by atoms with Crippen LogP contribution < -0.4 is 0 Å². The van der Waals surface area contributed by atoms with Gasteiger partial charge in [0.2, 0.25) is 0 Å². The molecule has 4 rings (SSSR count). The smallest absolute Gasteiger partial charge is 0.126 e. The maximum Gasteiger partial charge on any atom is 0.126 e. The molecule has 2 heterocycles. The second-order valence-corrected chi connectivity index (χ2v) is 8.96. The van der Waals surface area contributed by atoms with Crippen LogP contribution >= 0.6 is 0 Å². The third kappa shape index (κ3) is 5.02. The lowest BCUT2D eigenvalue weighted by atomic mass is 9.75. The lowest BCUT2D eigenvalue weighted by Crippen LogP contribution is -2.51. The third-order valence-corrected chi connectivity index (χ3v) is 6.80. The molecule has 162 valence electrons. The van der Waals surface area contributed by atoms with Gasteiger partial charge in [-0.05, 0) is 67.8 Å². The summed E-state index contributed by atoms with van der Waals surface area (Å²) in [6.45, 7) is 5.10. The monoisotopic (exact) mass is 412 g/mol. The average molecular weight is 413 g/mol. The number of furan rings is 1. The average Bonchev–Trinajstić information content (AvgIpc) is 3.20. The molecule has 1 saturated heterocycles. The van der Waals surface area contributed by atoms with E-state index in [1.165, 1.54) is 12.1 Å². The summed E-state index contributed by atoms with van der Waals surface area (Å²) in [5.41, 5.74) is 1.04. The summed E-state index contributed by atoms with van der Waals surface area (Å²) in [4.78, 5) is 4.85. The van der Waals surface area contributed by atoms with Crippen molar-refractivity contribution in [2.45, 2.75) is 37.7 Å². The molecule has 30 heavy (non-hydrogen) atoms. The molecule has 0 spiro atoms. The molecule has 2 unspecified atom stereocenters. The van der Waals surface area contributed by atoms with E-state index < -0.39 is 5.60 Å². The summed E-state index contributed by atoms with van der Waals surface area (Å²) in [6.07, 6.45) is 8.24. The molecule has 0 bridgehead atoms. The first-order valence-electron chi connectivity index (χ1n) is 11.2. The molecule has 0 amide bonds. The molecule has 0 radical (unpaired) electrons. The lowest BCUT2D eigenvalue weighted by Gasteiger charge is -2.42. The highest BCUT2D eigenvalue weighted by molar-refractivity contribution is 5.51. The van der Waals surface area contributed by atoms with Crippen LogP contribution in [0, 0.1) is 11.7 Å².